The standard InChI is InChI=1S/C24H30N4O5/c1-24(2,3)33-22(31)25-15-8-6-5-7-10-16-11-9-12-17-20(16)27(4)23(32)28(17)18-13-14-19(29)26-21(18)30/h9,11-12,18H,5-6,8,13-15H2,1-4H3,(H,25,31)(H,26,29,30). The highest BCUT2D eigenvalue weighted by molar-refractivity contribution is 6.00. The maximum Gasteiger partial charge on any atom is 0.407 e. The molecule has 1 unspecified atom stereocenters. The van der Waals surface area contributed by atoms with Crippen molar-refractivity contribution in [3.8, 4) is 11.8 Å². The molecule has 0 bridgehead atoms. The molecule has 1 fully saturated rings. The lowest BCUT2D eigenvalue weighted by Gasteiger charge is -2.21. The van der Waals surface area contributed by atoms with Crippen molar-refractivity contribution in [3.63, 3.8) is 0 Å². The Balaban J connectivity index is 1.67. The van der Waals surface area contributed by atoms with Gasteiger partial charge in [-0.05, 0) is 52.2 Å². The SMILES string of the molecule is Cn1c(=O)n(C2CCC(=O)NC2=O)c2cccc(C#CCCCCNC(=O)OC(C)(C)C)c21. The number of aromatic nitrogens is 2. The number of hydrogen-bond donors (Lipinski definition) is 2. The lowest BCUT2D eigenvalue weighted by atomic mass is 10.1. The summed E-state index contributed by atoms with van der Waals surface area (Å²) in [6.07, 6.45) is 2.26. The summed E-state index contributed by atoms with van der Waals surface area (Å²) < 4.78 is 8.14. The van der Waals surface area contributed by atoms with E-state index >= 15 is 0 Å². The second-order valence-electron chi connectivity index (χ2n) is 9.04. The van der Waals surface area contributed by atoms with Crippen molar-refractivity contribution in [1.29, 1.82) is 0 Å². The molecule has 1 aromatic heterocycles. The Kier molecular flexibility index (Phi) is 7.26. The summed E-state index contributed by atoms with van der Waals surface area (Å²) in [5.41, 5.74) is 1.14. The molecule has 1 saturated heterocycles. The number of alkyl carbamates (subject to hydrolysis) is 1. The van der Waals surface area contributed by atoms with Gasteiger partial charge in [0, 0.05) is 26.4 Å². The number of piperidine rings is 1. The summed E-state index contributed by atoms with van der Waals surface area (Å²) in [5.74, 6) is 5.48. The molecule has 1 aliphatic heterocycles. The Morgan fingerprint density at radius 3 is 2.70 bits per heavy atom. The molecular weight excluding hydrogens is 424 g/mol. The summed E-state index contributed by atoms with van der Waals surface area (Å²) in [5, 5.41) is 5.03. The second kappa shape index (κ2) is 9.94. The molecule has 9 nitrogen and oxygen atoms in total. The van der Waals surface area contributed by atoms with E-state index in [1.165, 1.54) is 9.13 Å². The minimum absolute atomic E-state index is 0.196. The van der Waals surface area contributed by atoms with Crippen LogP contribution >= 0.6 is 0 Å². The van der Waals surface area contributed by atoms with Crippen molar-refractivity contribution < 1.29 is 19.1 Å². The summed E-state index contributed by atoms with van der Waals surface area (Å²) in [6, 6.07) is 4.71. The number of nitrogens with one attached hydrogen (secondary N) is 2. The fraction of sp³-hybridized carbons (Fsp3) is 0.500. The van der Waals surface area contributed by atoms with Crippen LogP contribution in [0.1, 0.15) is 64.5 Å². The molecule has 3 amide bonds. The molecular formula is C24H30N4O5. The predicted octanol–water partition coefficient (Wildman–Crippen LogP) is 2.36. The molecule has 0 spiro atoms. The number of benzene rings is 1. The number of ether oxygens (including phenoxy) is 1. The Bertz CT molecular complexity index is 1190. The highest BCUT2D eigenvalue weighted by Crippen LogP contribution is 2.24. The van der Waals surface area contributed by atoms with Crippen molar-refractivity contribution in [2.45, 2.75) is 64.5 Å². The first-order valence-electron chi connectivity index (χ1n) is 11.1. The molecule has 1 aliphatic rings. The van der Waals surface area contributed by atoms with Crippen LogP contribution in [-0.2, 0) is 21.4 Å². The smallest absolute Gasteiger partial charge is 0.407 e. The molecule has 0 saturated carbocycles. The average Bonchev–Trinajstić information content (AvgIpc) is 2.97. The molecule has 2 N–H and O–H groups in total. The van der Waals surface area contributed by atoms with Crippen LogP contribution in [0, 0.1) is 11.8 Å². The maximum atomic E-state index is 12.9. The van der Waals surface area contributed by atoms with E-state index in [0.29, 0.717) is 29.6 Å². The lowest BCUT2D eigenvalue weighted by molar-refractivity contribution is -0.135. The summed E-state index contributed by atoms with van der Waals surface area (Å²) >= 11 is 0. The number of carbonyl (C=O) groups is 3. The van der Waals surface area contributed by atoms with E-state index in [1.807, 2.05) is 26.8 Å². The van der Waals surface area contributed by atoms with Crippen LogP contribution in [0.25, 0.3) is 11.0 Å². The van der Waals surface area contributed by atoms with Crippen molar-refractivity contribution in [2.24, 2.45) is 7.05 Å². The lowest BCUT2D eigenvalue weighted by Crippen LogP contribution is -2.44. The van der Waals surface area contributed by atoms with Gasteiger partial charge in [0.2, 0.25) is 11.8 Å². The van der Waals surface area contributed by atoms with E-state index in [-0.39, 0.29) is 24.4 Å². The van der Waals surface area contributed by atoms with Gasteiger partial charge in [-0.2, -0.15) is 0 Å². The van der Waals surface area contributed by atoms with Crippen molar-refractivity contribution in [3.05, 3.63) is 34.2 Å². The number of para-hydroxylation sites is 1. The van der Waals surface area contributed by atoms with Gasteiger partial charge in [0.25, 0.3) is 0 Å². The number of imide groups is 1. The largest absolute Gasteiger partial charge is 0.444 e. The summed E-state index contributed by atoms with van der Waals surface area (Å²) in [6.45, 7) is 5.96. The average molecular weight is 455 g/mol. The minimum atomic E-state index is -0.723. The monoisotopic (exact) mass is 454 g/mol. The number of carbonyl (C=O) groups excluding carboxylic acids is 3. The number of unbranched alkanes of at least 4 members (excludes halogenated alkanes) is 2. The number of aryl methyl sites for hydroxylation is 1. The van der Waals surface area contributed by atoms with E-state index in [2.05, 4.69) is 22.5 Å². The zero-order valence-corrected chi connectivity index (χ0v) is 19.5. The van der Waals surface area contributed by atoms with E-state index in [9.17, 15) is 19.2 Å². The zero-order valence-electron chi connectivity index (χ0n) is 19.5. The van der Waals surface area contributed by atoms with Gasteiger partial charge in [0.15, 0.2) is 0 Å². The van der Waals surface area contributed by atoms with Crippen molar-refractivity contribution >= 4 is 28.9 Å². The van der Waals surface area contributed by atoms with Gasteiger partial charge >= 0.3 is 11.8 Å². The summed E-state index contributed by atoms with van der Waals surface area (Å²) in [7, 11) is 1.65. The van der Waals surface area contributed by atoms with Crippen LogP contribution in [0.2, 0.25) is 0 Å². The maximum absolute atomic E-state index is 12.9. The fourth-order valence-corrected chi connectivity index (χ4v) is 3.77. The molecule has 0 radical (unpaired) electrons. The number of fused-ring (bicyclic) bond motifs is 1. The second-order valence-corrected chi connectivity index (χ2v) is 9.04. The van der Waals surface area contributed by atoms with Gasteiger partial charge in [-0.25, -0.2) is 9.59 Å². The van der Waals surface area contributed by atoms with Gasteiger partial charge in [-0.15, -0.1) is 0 Å². The number of hydrogen-bond acceptors (Lipinski definition) is 5. The van der Waals surface area contributed by atoms with E-state index in [0.717, 1.165) is 12.8 Å². The Hall–Kier alpha value is -3.54. The first-order chi connectivity index (χ1) is 15.6. The molecule has 33 heavy (non-hydrogen) atoms. The number of nitrogens with zero attached hydrogens (tertiary/aromatic N) is 2. The molecule has 176 valence electrons. The Labute approximate surface area is 192 Å². The number of rotatable bonds is 5. The van der Waals surface area contributed by atoms with E-state index < -0.39 is 23.6 Å². The molecule has 9 heteroatoms. The predicted molar refractivity (Wildman–Crippen MR) is 124 cm³/mol. The fourth-order valence-electron chi connectivity index (χ4n) is 3.77. The van der Waals surface area contributed by atoms with Crippen molar-refractivity contribution in [2.75, 3.05) is 6.54 Å². The number of amides is 3. The van der Waals surface area contributed by atoms with Crippen LogP contribution in [-0.4, -0.2) is 39.2 Å². The first kappa shape index (κ1) is 24.1. The van der Waals surface area contributed by atoms with Crippen LogP contribution in [0.15, 0.2) is 23.0 Å². The minimum Gasteiger partial charge on any atom is -0.444 e. The van der Waals surface area contributed by atoms with Gasteiger partial charge in [0.05, 0.1) is 16.6 Å². The number of imidazole rings is 1. The van der Waals surface area contributed by atoms with E-state index in [1.54, 1.807) is 19.2 Å². The quantitative estimate of drug-likeness (QED) is 0.409. The van der Waals surface area contributed by atoms with Gasteiger partial charge in [-0.3, -0.25) is 24.0 Å². The Morgan fingerprint density at radius 2 is 2.00 bits per heavy atom. The van der Waals surface area contributed by atoms with Crippen LogP contribution in [0.5, 0.6) is 0 Å². The third-order valence-corrected chi connectivity index (χ3v) is 5.24. The topological polar surface area (TPSA) is 111 Å². The molecule has 0 aliphatic carbocycles. The van der Waals surface area contributed by atoms with Gasteiger partial charge in [-0.1, -0.05) is 17.9 Å². The molecule has 1 atom stereocenters. The van der Waals surface area contributed by atoms with Crippen LogP contribution in [0.3, 0.4) is 0 Å². The Morgan fingerprint density at radius 1 is 1.24 bits per heavy atom. The van der Waals surface area contributed by atoms with Crippen LogP contribution in [0.4, 0.5) is 4.79 Å². The van der Waals surface area contributed by atoms with Crippen LogP contribution < -0.4 is 16.3 Å². The third kappa shape index (κ3) is 5.83. The summed E-state index contributed by atoms with van der Waals surface area (Å²) in [4.78, 5) is 48.4. The molecule has 1 aromatic carbocycles. The first-order valence-corrected chi connectivity index (χ1v) is 11.1. The van der Waals surface area contributed by atoms with Gasteiger partial charge in [0.1, 0.15) is 11.6 Å². The van der Waals surface area contributed by atoms with E-state index in [4.69, 9.17) is 4.74 Å². The molecule has 2 aromatic rings. The highest BCUT2D eigenvalue weighted by Gasteiger charge is 2.31. The third-order valence-electron chi connectivity index (χ3n) is 5.24. The molecule has 2 heterocycles. The zero-order chi connectivity index (χ0) is 24.2. The highest BCUT2D eigenvalue weighted by atomic mass is 16.6. The van der Waals surface area contributed by atoms with Crippen molar-refractivity contribution in [1.82, 2.24) is 19.8 Å². The molecule has 3 rings (SSSR count). The normalized spacial score (nSPS) is 16.2. The van der Waals surface area contributed by atoms with Gasteiger partial charge < -0.3 is 10.1 Å².